The van der Waals surface area contributed by atoms with E-state index in [1.807, 2.05) is 73.2 Å². The Morgan fingerprint density at radius 2 is 0.931 bits per heavy atom. The molecule has 29 heavy (non-hydrogen) atoms. The van der Waals surface area contributed by atoms with E-state index < -0.39 is 0 Å². The lowest BCUT2D eigenvalue weighted by atomic mass is 9.90. The second-order valence-corrected chi connectivity index (χ2v) is 7.58. The maximum atomic E-state index is 4.39. The third kappa shape index (κ3) is 7.69. The van der Waals surface area contributed by atoms with Crippen LogP contribution in [0.4, 0.5) is 0 Å². The Bertz CT molecular complexity index is 700. The van der Waals surface area contributed by atoms with Crippen molar-refractivity contribution in [2.75, 3.05) is 19.6 Å². The molecule has 6 heteroatoms. The van der Waals surface area contributed by atoms with Crippen molar-refractivity contribution >= 4 is 0 Å². The quantitative estimate of drug-likeness (QED) is 0.441. The molecule has 0 amide bonds. The van der Waals surface area contributed by atoms with E-state index in [0.717, 1.165) is 56.4 Å². The number of aromatic nitrogens is 3. The van der Waals surface area contributed by atoms with E-state index in [1.54, 1.807) is 0 Å². The van der Waals surface area contributed by atoms with Crippen LogP contribution in [0.5, 0.6) is 0 Å². The van der Waals surface area contributed by atoms with Crippen molar-refractivity contribution in [1.29, 1.82) is 0 Å². The van der Waals surface area contributed by atoms with Crippen LogP contribution in [0.15, 0.2) is 73.2 Å². The predicted octanol–water partition coefficient (Wildman–Crippen LogP) is 2.55. The highest BCUT2D eigenvalue weighted by molar-refractivity contribution is 5.05. The standard InChI is InChI=1S/C23H30N6/c1-23(17-24-14-20-8-2-5-11-27-20,18-25-15-21-9-3-6-12-28-21)19-26-16-22-10-4-7-13-29-22/h2-13,24-26H,14-19H2,1H3. The van der Waals surface area contributed by atoms with E-state index >= 15 is 0 Å². The van der Waals surface area contributed by atoms with Crippen LogP contribution in [0.3, 0.4) is 0 Å². The first-order valence-corrected chi connectivity index (χ1v) is 10.1. The fourth-order valence-electron chi connectivity index (χ4n) is 3.17. The molecule has 3 rings (SSSR count). The van der Waals surface area contributed by atoms with Gasteiger partial charge in [0.1, 0.15) is 0 Å². The van der Waals surface area contributed by atoms with Crippen LogP contribution in [0, 0.1) is 5.41 Å². The predicted molar refractivity (Wildman–Crippen MR) is 116 cm³/mol. The molecule has 0 unspecified atom stereocenters. The third-order valence-corrected chi connectivity index (χ3v) is 4.75. The molecule has 0 aromatic carbocycles. The van der Waals surface area contributed by atoms with Gasteiger partial charge in [0.2, 0.25) is 0 Å². The molecular weight excluding hydrogens is 360 g/mol. The van der Waals surface area contributed by atoms with Crippen molar-refractivity contribution in [2.24, 2.45) is 5.41 Å². The first kappa shape index (κ1) is 21.0. The molecule has 0 aliphatic heterocycles. The van der Waals surface area contributed by atoms with Gasteiger partial charge in [-0.1, -0.05) is 25.1 Å². The molecule has 0 fully saturated rings. The van der Waals surface area contributed by atoms with E-state index in [0.29, 0.717) is 0 Å². The zero-order valence-electron chi connectivity index (χ0n) is 17.0. The van der Waals surface area contributed by atoms with Crippen LogP contribution in [0.2, 0.25) is 0 Å². The number of rotatable bonds is 12. The van der Waals surface area contributed by atoms with Crippen molar-refractivity contribution < 1.29 is 0 Å². The highest BCUT2D eigenvalue weighted by atomic mass is 15.0. The van der Waals surface area contributed by atoms with Gasteiger partial charge in [-0.2, -0.15) is 0 Å². The van der Waals surface area contributed by atoms with Gasteiger partial charge < -0.3 is 16.0 Å². The monoisotopic (exact) mass is 390 g/mol. The van der Waals surface area contributed by atoms with Gasteiger partial charge >= 0.3 is 0 Å². The number of hydrogen-bond donors (Lipinski definition) is 3. The lowest BCUT2D eigenvalue weighted by Gasteiger charge is -2.31. The van der Waals surface area contributed by atoms with E-state index in [9.17, 15) is 0 Å². The fourth-order valence-corrected chi connectivity index (χ4v) is 3.17. The van der Waals surface area contributed by atoms with Crippen molar-refractivity contribution in [1.82, 2.24) is 30.9 Å². The van der Waals surface area contributed by atoms with E-state index in [4.69, 9.17) is 0 Å². The Kier molecular flexibility index (Phi) is 8.25. The van der Waals surface area contributed by atoms with Crippen LogP contribution in [-0.2, 0) is 19.6 Å². The van der Waals surface area contributed by atoms with Gasteiger partial charge in [0.05, 0.1) is 17.1 Å². The molecule has 152 valence electrons. The largest absolute Gasteiger partial charge is 0.311 e. The summed E-state index contributed by atoms with van der Waals surface area (Å²) in [6.45, 7) is 7.18. The molecule has 3 N–H and O–H groups in total. The Morgan fingerprint density at radius 1 is 0.586 bits per heavy atom. The molecule has 0 saturated carbocycles. The highest BCUT2D eigenvalue weighted by Gasteiger charge is 2.23. The lowest BCUT2D eigenvalue weighted by Crippen LogP contribution is -2.46. The zero-order chi connectivity index (χ0) is 20.2. The molecule has 0 radical (unpaired) electrons. The van der Waals surface area contributed by atoms with E-state index in [-0.39, 0.29) is 5.41 Å². The Labute approximate surface area is 173 Å². The average Bonchev–Trinajstić information content (AvgIpc) is 2.76. The summed E-state index contributed by atoms with van der Waals surface area (Å²) in [5.74, 6) is 0. The first-order valence-electron chi connectivity index (χ1n) is 10.1. The van der Waals surface area contributed by atoms with Gasteiger partial charge in [-0.05, 0) is 36.4 Å². The van der Waals surface area contributed by atoms with E-state index in [1.165, 1.54) is 0 Å². The van der Waals surface area contributed by atoms with Crippen LogP contribution >= 0.6 is 0 Å². The zero-order valence-corrected chi connectivity index (χ0v) is 17.0. The minimum atomic E-state index is 0.0261. The van der Waals surface area contributed by atoms with Crippen LogP contribution in [-0.4, -0.2) is 34.6 Å². The summed E-state index contributed by atoms with van der Waals surface area (Å²) in [5.41, 5.74) is 3.19. The lowest BCUT2D eigenvalue weighted by molar-refractivity contribution is 0.270. The van der Waals surface area contributed by atoms with Crippen molar-refractivity contribution in [3.05, 3.63) is 90.3 Å². The Balaban J connectivity index is 1.51. The minimum Gasteiger partial charge on any atom is -0.311 e. The first-order chi connectivity index (χ1) is 14.2. The van der Waals surface area contributed by atoms with Crippen molar-refractivity contribution in [3.63, 3.8) is 0 Å². The maximum Gasteiger partial charge on any atom is 0.0541 e. The molecule has 3 aromatic heterocycles. The van der Waals surface area contributed by atoms with Gasteiger partial charge in [-0.25, -0.2) is 0 Å². The van der Waals surface area contributed by atoms with Crippen LogP contribution in [0.25, 0.3) is 0 Å². The summed E-state index contributed by atoms with van der Waals surface area (Å²) < 4.78 is 0. The summed E-state index contributed by atoms with van der Waals surface area (Å²) in [6.07, 6.45) is 5.50. The minimum absolute atomic E-state index is 0.0261. The summed E-state index contributed by atoms with van der Waals surface area (Å²) in [7, 11) is 0. The molecule has 0 bridgehead atoms. The summed E-state index contributed by atoms with van der Waals surface area (Å²) in [4.78, 5) is 13.2. The molecule has 0 aliphatic rings. The van der Waals surface area contributed by atoms with Gasteiger partial charge in [-0.3, -0.25) is 15.0 Å². The Hall–Kier alpha value is -2.67. The normalized spacial score (nSPS) is 11.5. The van der Waals surface area contributed by atoms with Crippen molar-refractivity contribution in [2.45, 2.75) is 26.6 Å². The molecular formula is C23H30N6. The molecule has 6 nitrogen and oxygen atoms in total. The second kappa shape index (κ2) is 11.4. The molecule has 0 aliphatic carbocycles. The summed E-state index contributed by atoms with van der Waals surface area (Å²) >= 11 is 0. The van der Waals surface area contributed by atoms with Gasteiger partial charge in [0.15, 0.2) is 0 Å². The van der Waals surface area contributed by atoms with Crippen LogP contribution in [0.1, 0.15) is 24.0 Å². The fraction of sp³-hybridized carbons (Fsp3) is 0.348. The second-order valence-electron chi connectivity index (χ2n) is 7.58. The molecule has 3 aromatic rings. The molecule has 0 atom stereocenters. The Morgan fingerprint density at radius 3 is 1.21 bits per heavy atom. The SMILES string of the molecule is CC(CNCc1ccccn1)(CNCc1ccccn1)CNCc1ccccn1. The number of hydrogen-bond acceptors (Lipinski definition) is 6. The number of nitrogens with one attached hydrogen (secondary N) is 3. The smallest absolute Gasteiger partial charge is 0.0541 e. The summed E-state index contributed by atoms with van der Waals surface area (Å²) in [5, 5.41) is 10.7. The van der Waals surface area contributed by atoms with Crippen LogP contribution < -0.4 is 16.0 Å². The van der Waals surface area contributed by atoms with Gasteiger partial charge in [0, 0.05) is 63.3 Å². The van der Waals surface area contributed by atoms with E-state index in [2.05, 4.69) is 37.8 Å². The number of pyridine rings is 3. The average molecular weight is 391 g/mol. The third-order valence-electron chi connectivity index (χ3n) is 4.75. The maximum absolute atomic E-state index is 4.39. The number of nitrogens with zero attached hydrogens (tertiary/aromatic N) is 3. The summed E-state index contributed by atoms with van der Waals surface area (Å²) in [6, 6.07) is 18.0. The molecule has 0 saturated heterocycles. The topological polar surface area (TPSA) is 74.8 Å². The molecule has 3 heterocycles. The van der Waals surface area contributed by atoms with Crippen molar-refractivity contribution in [3.8, 4) is 0 Å². The van der Waals surface area contributed by atoms with Gasteiger partial charge in [0.25, 0.3) is 0 Å². The highest BCUT2D eigenvalue weighted by Crippen LogP contribution is 2.14. The molecule has 0 spiro atoms. The van der Waals surface area contributed by atoms with Gasteiger partial charge in [-0.15, -0.1) is 0 Å².